The van der Waals surface area contributed by atoms with Gasteiger partial charge in [-0.05, 0) is 25.3 Å². The van der Waals surface area contributed by atoms with Crippen molar-refractivity contribution in [1.29, 1.82) is 0 Å². The van der Waals surface area contributed by atoms with Crippen LogP contribution in [0.1, 0.15) is 30.9 Å². The SMILES string of the molecule is O=C(O)C1CCCC(c2ccc(F)cc2F)N1. The van der Waals surface area contributed by atoms with Crippen molar-refractivity contribution in [3.05, 3.63) is 35.4 Å². The average molecular weight is 241 g/mol. The van der Waals surface area contributed by atoms with Crippen LogP contribution < -0.4 is 5.32 Å². The third-order valence-electron chi connectivity index (χ3n) is 3.02. The first-order valence-electron chi connectivity index (χ1n) is 5.51. The van der Waals surface area contributed by atoms with Crippen LogP contribution >= 0.6 is 0 Å². The van der Waals surface area contributed by atoms with E-state index in [1.54, 1.807) is 0 Å². The van der Waals surface area contributed by atoms with Crippen molar-refractivity contribution in [1.82, 2.24) is 5.32 Å². The van der Waals surface area contributed by atoms with Gasteiger partial charge in [0.25, 0.3) is 0 Å². The highest BCUT2D eigenvalue weighted by Gasteiger charge is 2.28. The molecule has 1 aliphatic rings. The van der Waals surface area contributed by atoms with Crippen LogP contribution in [0, 0.1) is 11.6 Å². The number of carbonyl (C=O) groups is 1. The van der Waals surface area contributed by atoms with E-state index in [-0.39, 0.29) is 6.04 Å². The van der Waals surface area contributed by atoms with Gasteiger partial charge in [0.05, 0.1) is 0 Å². The van der Waals surface area contributed by atoms with E-state index in [1.807, 2.05) is 0 Å². The van der Waals surface area contributed by atoms with E-state index in [2.05, 4.69) is 5.32 Å². The van der Waals surface area contributed by atoms with E-state index in [9.17, 15) is 13.6 Å². The van der Waals surface area contributed by atoms with Crippen LogP contribution in [0.3, 0.4) is 0 Å². The molecule has 1 aliphatic heterocycles. The summed E-state index contributed by atoms with van der Waals surface area (Å²) in [6.45, 7) is 0. The molecule has 2 atom stereocenters. The van der Waals surface area contributed by atoms with Crippen LogP contribution in [0.4, 0.5) is 8.78 Å². The number of aliphatic carboxylic acids is 1. The quantitative estimate of drug-likeness (QED) is 0.834. The third kappa shape index (κ3) is 2.61. The van der Waals surface area contributed by atoms with E-state index in [0.29, 0.717) is 24.8 Å². The number of halogens is 2. The Morgan fingerprint density at radius 1 is 1.35 bits per heavy atom. The monoisotopic (exact) mass is 241 g/mol. The summed E-state index contributed by atoms with van der Waals surface area (Å²) < 4.78 is 26.3. The molecule has 1 aromatic rings. The number of nitrogens with one attached hydrogen (secondary N) is 1. The van der Waals surface area contributed by atoms with Gasteiger partial charge in [-0.3, -0.25) is 10.1 Å². The smallest absolute Gasteiger partial charge is 0.320 e. The van der Waals surface area contributed by atoms with Crippen molar-refractivity contribution in [3.63, 3.8) is 0 Å². The van der Waals surface area contributed by atoms with E-state index >= 15 is 0 Å². The number of piperidine rings is 1. The lowest BCUT2D eigenvalue weighted by Crippen LogP contribution is -2.42. The second-order valence-electron chi connectivity index (χ2n) is 4.21. The van der Waals surface area contributed by atoms with Gasteiger partial charge in [0.1, 0.15) is 17.7 Å². The Morgan fingerprint density at radius 2 is 2.12 bits per heavy atom. The molecule has 92 valence electrons. The molecule has 3 nitrogen and oxygen atoms in total. The maximum atomic E-state index is 13.5. The molecule has 1 heterocycles. The predicted octanol–water partition coefficient (Wildman–Crippen LogP) is 2.23. The molecular formula is C12H13F2NO2. The van der Waals surface area contributed by atoms with Gasteiger partial charge >= 0.3 is 5.97 Å². The predicted molar refractivity (Wildman–Crippen MR) is 57.5 cm³/mol. The lowest BCUT2D eigenvalue weighted by molar-refractivity contribution is -0.140. The summed E-state index contributed by atoms with van der Waals surface area (Å²) in [7, 11) is 0. The molecule has 1 saturated heterocycles. The lowest BCUT2D eigenvalue weighted by Gasteiger charge is -2.29. The van der Waals surface area contributed by atoms with E-state index < -0.39 is 23.6 Å². The van der Waals surface area contributed by atoms with Gasteiger partial charge in [-0.15, -0.1) is 0 Å². The van der Waals surface area contributed by atoms with Crippen molar-refractivity contribution in [2.45, 2.75) is 31.3 Å². The largest absolute Gasteiger partial charge is 0.480 e. The van der Waals surface area contributed by atoms with Crippen molar-refractivity contribution in [3.8, 4) is 0 Å². The summed E-state index contributed by atoms with van der Waals surface area (Å²) in [5.41, 5.74) is 0.331. The van der Waals surface area contributed by atoms with E-state index in [1.165, 1.54) is 12.1 Å². The molecule has 0 amide bonds. The van der Waals surface area contributed by atoms with Crippen LogP contribution in [-0.2, 0) is 4.79 Å². The molecule has 0 aromatic heterocycles. The summed E-state index contributed by atoms with van der Waals surface area (Å²) in [6, 6.07) is 2.36. The Hall–Kier alpha value is -1.49. The number of rotatable bonds is 2. The van der Waals surface area contributed by atoms with Crippen LogP contribution in [0.25, 0.3) is 0 Å². The number of hydrogen-bond donors (Lipinski definition) is 2. The first-order chi connectivity index (χ1) is 8.08. The number of carboxylic acid groups (broad SMARTS) is 1. The zero-order chi connectivity index (χ0) is 12.4. The molecular weight excluding hydrogens is 228 g/mol. The molecule has 0 spiro atoms. The zero-order valence-electron chi connectivity index (χ0n) is 9.12. The van der Waals surface area contributed by atoms with Gasteiger partial charge in [-0.25, -0.2) is 8.78 Å². The molecule has 2 rings (SSSR count). The van der Waals surface area contributed by atoms with Crippen molar-refractivity contribution < 1.29 is 18.7 Å². The highest BCUT2D eigenvalue weighted by atomic mass is 19.1. The van der Waals surface area contributed by atoms with Crippen molar-refractivity contribution >= 4 is 5.97 Å². The second kappa shape index (κ2) is 4.79. The minimum absolute atomic E-state index is 0.331. The standard InChI is InChI=1S/C12H13F2NO2/c13-7-4-5-8(9(14)6-7)10-2-1-3-11(15-10)12(16)17/h4-6,10-11,15H,1-3H2,(H,16,17). The first kappa shape index (κ1) is 12.0. The summed E-state index contributed by atoms with van der Waals surface area (Å²) in [5, 5.41) is 11.8. The van der Waals surface area contributed by atoms with E-state index in [0.717, 1.165) is 6.07 Å². The Morgan fingerprint density at radius 3 is 2.76 bits per heavy atom. The van der Waals surface area contributed by atoms with Gasteiger partial charge in [-0.1, -0.05) is 6.07 Å². The maximum absolute atomic E-state index is 13.5. The molecule has 2 unspecified atom stereocenters. The van der Waals surface area contributed by atoms with Crippen LogP contribution in [0.15, 0.2) is 18.2 Å². The molecule has 0 radical (unpaired) electrons. The molecule has 2 N–H and O–H groups in total. The molecule has 0 bridgehead atoms. The second-order valence-corrected chi connectivity index (χ2v) is 4.21. The molecule has 1 aromatic carbocycles. The Bertz CT molecular complexity index is 437. The molecule has 17 heavy (non-hydrogen) atoms. The summed E-state index contributed by atoms with van der Waals surface area (Å²) in [4.78, 5) is 10.9. The van der Waals surface area contributed by atoms with Gasteiger partial charge in [-0.2, -0.15) is 0 Å². The highest BCUT2D eigenvalue weighted by Crippen LogP contribution is 2.27. The van der Waals surface area contributed by atoms with Gasteiger partial charge in [0, 0.05) is 17.7 Å². The number of hydrogen-bond acceptors (Lipinski definition) is 2. The minimum Gasteiger partial charge on any atom is -0.480 e. The highest BCUT2D eigenvalue weighted by molar-refractivity contribution is 5.73. The van der Waals surface area contributed by atoms with Gasteiger partial charge < -0.3 is 5.11 Å². The fraction of sp³-hybridized carbons (Fsp3) is 0.417. The average Bonchev–Trinajstić information content (AvgIpc) is 2.29. The lowest BCUT2D eigenvalue weighted by atomic mass is 9.93. The van der Waals surface area contributed by atoms with Crippen molar-refractivity contribution in [2.24, 2.45) is 0 Å². The minimum atomic E-state index is -0.933. The van der Waals surface area contributed by atoms with Crippen molar-refractivity contribution in [2.75, 3.05) is 0 Å². The van der Waals surface area contributed by atoms with Crippen LogP contribution in [0.2, 0.25) is 0 Å². The summed E-state index contributed by atoms with van der Waals surface area (Å²) in [6.07, 6.45) is 1.91. The molecule has 5 heteroatoms. The van der Waals surface area contributed by atoms with Crippen LogP contribution in [-0.4, -0.2) is 17.1 Å². The topological polar surface area (TPSA) is 49.3 Å². The zero-order valence-corrected chi connectivity index (χ0v) is 9.12. The maximum Gasteiger partial charge on any atom is 0.320 e. The first-order valence-corrected chi connectivity index (χ1v) is 5.51. The van der Waals surface area contributed by atoms with E-state index in [4.69, 9.17) is 5.11 Å². The number of benzene rings is 1. The normalized spacial score (nSPS) is 24.6. The van der Waals surface area contributed by atoms with Gasteiger partial charge in [0.15, 0.2) is 0 Å². The Labute approximate surface area is 97.5 Å². The molecule has 0 aliphatic carbocycles. The number of carboxylic acids is 1. The van der Waals surface area contributed by atoms with Gasteiger partial charge in [0.2, 0.25) is 0 Å². The van der Waals surface area contributed by atoms with Crippen LogP contribution in [0.5, 0.6) is 0 Å². The molecule has 0 saturated carbocycles. The Kier molecular flexibility index (Phi) is 3.38. The summed E-state index contributed by atoms with van der Waals surface area (Å²) in [5.74, 6) is -2.19. The third-order valence-corrected chi connectivity index (χ3v) is 3.02. The Balaban J connectivity index is 2.19. The fourth-order valence-corrected chi connectivity index (χ4v) is 2.16. The molecule has 1 fully saturated rings. The fourth-order valence-electron chi connectivity index (χ4n) is 2.16. The summed E-state index contributed by atoms with van der Waals surface area (Å²) >= 11 is 0.